The first-order valence-electron chi connectivity index (χ1n) is 6.76. The molecule has 3 rings (SSSR count). The Balaban J connectivity index is 1.89. The van der Waals surface area contributed by atoms with Gasteiger partial charge in [-0.15, -0.1) is 0 Å². The van der Waals surface area contributed by atoms with Crippen molar-refractivity contribution in [2.45, 2.75) is 6.92 Å². The predicted molar refractivity (Wildman–Crippen MR) is 84.0 cm³/mol. The van der Waals surface area contributed by atoms with E-state index in [-0.39, 0.29) is 0 Å². The van der Waals surface area contributed by atoms with E-state index in [0.717, 1.165) is 22.4 Å². The van der Waals surface area contributed by atoms with Crippen molar-refractivity contribution in [3.05, 3.63) is 71.6 Å². The average molecular weight is 287 g/mol. The Kier molecular flexibility index (Phi) is 3.75. The van der Waals surface area contributed by atoms with Crippen LogP contribution in [0.2, 0.25) is 0 Å². The van der Waals surface area contributed by atoms with Gasteiger partial charge in [-0.05, 0) is 41.8 Å². The summed E-state index contributed by atoms with van der Waals surface area (Å²) in [5.41, 5.74) is 4.58. The van der Waals surface area contributed by atoms with Crippen molar-refractivity contribution in [3.63, 3.8) is 0 Å². The number of nitrogens with zero attached hydrogens (tertiary/aromatic N) is 5. The summed E-state index contributed by atoms with van der Waals surface area (Å²) in [5, 5.41) is 13.2. The van der Waals surface area contributed by atoms with E-state index in [2.05, 4.69) is 27.2 Å². The van der Waals surface area contributed by atoms with Crippen LogP contribution in [0.5, 0.6) is 0 Å². The van der Waals surface area contributed by atoms with Crippen LogP contribution in [0.25, 0.3) is 17.8 Å². The number of aromatic nitrogens is 4. The number of nitriles is 1. The molecule has 5 heteroatoms. The van der Waals surface area contributed by atoms with Crippen LogP contribution in [-0.2, 0) is 0 Å². The lowest BCUT2D eigenvalue weighted by Gasteiger charge is -2.06. The number of hydrogen-bond acceptors (Lipinski definition) is 4. The molecule has 0 amide bonds. The molecule has 0 unspecified atom stereocenters. The van der Waals surface area contributed by atoms with E-state index in [4.69, 9.17) is 5.26 Å². The van der Waals surface area contributed by atoms with E-state index in [1.54, 1.807) is 23.4 Å². The van der Waals surface area contributed by atoms with Crippen molar-refractivity contribution in [2.75, 3.05) is 0 Å². The second-order valence-corrected chi connectivity index (χ2v) is 4.79. The van der Waals surface area contributed by atoms with Crippen LogP contribution in [0.1, 0.15) is 22.3 Å². The number of benzene rings is 1. The fraction of sp³-hybridized carbons (Fsp3) is 0.0588. The molecule has 0 spiro atoms. The molecule has 0 fully saturated rings. The average Bonchev–Trinajstić information content (AvgIpc) is 3.07. The van der Waals surface area contributed by atoms with Crippen molar-refractivity contribution in [3.8, 4) is 11.8 Å². The molecule has 0 bridgehead atoms. The lowest BCUT2D eigenvalue weighted by Crippen LogP contribution is -1.97. The highest BCUT2D eigenvalue weighted by molar-refractivity contribution is 5.72. The van der Waals surface area contributed by atoms with Gasteiger partial charge in [0.25, 0.3) is 0 Å². The van der Waals surface area contributed by atoms with E-state index in [1.807, 2.05) is 37.3 Å². The minimum absolute atomic E-state index is 0.565. The largest absolute Gasteiger partial charge is 0.263 e. The Morgan fingerprint density at radius 2 is 2.09 bits per heavy atom. The van der Waals surface area contributed by atoms with Gasteiger partial charge in [0.2, 0.25) is 0 Å². The fourth-order valence-corrected chi connectivity index (χ4v) is 2.20. The number of aryl methyl sites for hydroxylation is 1. The van der Waals surface area contributed by atoms with Crippen LogP contribution in [-0.4, -0.2) is 19.7 Å². The molecule has 0 N–H and O–H groups in total. The molecule has 0 saturated carbocycles. The van der Waals surface area contributed by atoms with Crippen molar-refractivity contribution in [1.82, 2.24) is 19.7 Å². The highest BCUT2D eigenvalue weighted by atomic mass is 15.3. The maximum atomic E-state index is 9.06. The fourth-order valence-electron chi connectivity index (χ4n) is 2.20. The van der Waals surface area contributed by atoms with Gasteiger partial charge in [0, 0.05) is 12.4 Å². The molecule has 0 aliphatic rings. The van der Waals surface area contributed by atoms with Crippen molar-refractivity contribution < 1.29 is 0 Å². The van der Waals surface area contributed by atoms with Gasteiger partial charge >= 0.3 is 0 Å². The van der Waals surface area contributed by atoms with Crippen LogP contribution in [0.15, 0.2) is 49.3 Å². The smallest absolute Gasteiger partial charge is 0.138 e. The van der Waals surface area contributed by atoms with Crippen molar-refractivity contribution in [1.29, 1.82) is 5.26 Å². The first-order valence-corrected chi connectivity index (χ1v) is 6.76. The zero-order valence-electron chi connectivity index (χ0n) is 12.0. The quantitative estimate of drug-likeness (QED) is 0.742. The molecule has 0 atom stereocenters. The summed E-state index contributed by atoms with van der Waals surface area (Å²) in [6, 6.07) is 10.0. The third kappa shape index (κ3) is 2.76. The molecule has 0 radical (unpaired) electrons. The van der Waals surface area contributed by atoms with Gasteiger partial charge in [0.15, 0.2) is 0 Å². The molecule has 3 aromatic rings. The summed E-state index contributed by atoms with van der Waals surface area (Å²) in [5.74, 6) is 0. The van der Waals surface area contributed by atoms with Gasteiger partial charge in [-0.25, -0.2) is 9.67 Å². The van der Waals surface area contributed by atoms with Gasteiger partial charge in [0.05, 0.1) is 11.3 Å². The molecule has 22 heavy (non-hydrogen) atoms. The Morgan fingerprint density at radius 3 is 2.82 bits per heavy atom. The Morgan fingerprint density at radius 1 is 1.18 bits per heavy atom. The normalized spacial score (nSPS) is 10.7. The molecule has 2 heterocycles. The van der Waals surface area contributed by atoms with E-state index in [9.17, 15) is 0 Å². The van der Waals surface area contributed by atoms with Crippen LogP contribution < -0.4 is 0 Å². The molecule has 1 aromatic carbocycles. The van der Waals surface area contributed by atoms with Gasteiger partial charge in [-0.2, -0.15) is 10.4 Å². The standard InChI is InChI=1S/C17H13N5/c1-13-8-14(3-5-17(13)22-12-20-11-21-22)2-4-15-6-7-19-10-16(15)9-18/h2-8,10-12H,1H3/b4-2+. The maximum absolute atomic E-state index is 9.06. The monoisotopic (exact) mass is 287 g/mol. The van der Waals surface area contributed by atoms with E-state index >= 15 is 0 Å². The first kappa shape index (κ1) is 13.7. The minimum Gasteiger partial charge on any atom is -0.263 e. The summed E-state index contributed by atoms with van der Waals surface area (Å²) in [4.78, 5) is 7.91. The molecule has 0 saturated heterocycles. The van der Waals surface area contributed by atoms with Gasteiger partial charge in [-0.1, -0.05) is 18.2 Å². The van der Waals surface area contributed by atoms with E-state index < -0.39 is 0 Å². The zero-order chi connectivity index (χ0) is 15.4. The van der Waals surface area contributed by atoms with Crippen molar-refractivity contribution >= 4 is 12.2 Å². The van der Waals surface area contributed by atoms with Crippen LogP contribution >= 0.6 is 0 Å². The topological polar surface area (TPSA) is 67.4 Å². The lowest BCUT2D eigenvalue weighted by atomic mass is 10.1. The summed E-state index contributed by atoms with van der Waals surface area (Å²) >= 11 is 0. The number of hydrogen-bond donors (Lipinski definition) is 0. The van der Waals surface area contributed by atoms with Crippen LogP contribution in [0.4, 0.5) is 0 Å². The van der Waals surface area contributed by atoms with Gasteiger partial charge in [0.1, 0.15) is 18.7 Å². The SMILES string of the molecule is Cc1cc(/C=C/c2ccncc2C#N)ccc1-n1cncn1. The second kappa shape index (κ2) is 6.02. The number of rotatable bonds is 3. The molecule has 106 valence electrons. The van der Waals surface area contributed by atoms with Crippen LogP contribution in [0, 0.1) is 18.3 Å². The lowest BCUT2D eigenvalue weighted by molar-refractivity contribution is 0.871. The predicted octanol–water partition coefficient (Wildman–Crippen LogP) is 3.01. The molecule has 2 aromatic heterocycles. The van der Waals surface area contributed by atoms with Crippen LogP contribution in [0.3, 0.4) is 0 Å². The summed E-state index contributed by atoms with van der Waals surface area (Å²) in [7, 11) is 0. The van der Waals surface area contributed by atoms with Gasteiger partial charge in [-0.3, -0.25) is 4.98 Å². The molecule has 0 aliphatic carbocycles. The minimum atomic E-state index is 0.565. The van der Waals surface area contributed by atoms with Crippen molar-refractivity contribution in [2.24, 2.45) is 0 Å². The summed E-state index contributed by atoms with van der Waals surface area (Å²) < 4.78 is 1.74. The molecule has 5 nitrogen and oxygen atoms in total. The Labute approximate surface area is 128 Å². The summed E-state index contributed by atoms with van der Waals surface area (Å²) in [6.45, 7) is 2.03. The maximum Gasteiger partial charge on any atom is 0.138 e. The molecular weight excluding hydrogens is 274 g/mol. The molecule has 0 aliphatic heterocycles. The Bertz CT molecular complexity index is 857. The highest BCUT2D eigenvalue weighted by Crippen LogP contribution is 2.17. The highest BCUT2D eigenvalue weighted by Gasteiger charge is 2.02. The first-order chi connectivity index (χ1) is 10.8. The van der Waals surface area contributed by atoms with E-state index in [1.165, 1.54) is 6.33 Å². The third-order valence-electron chi connectivity index (χ3n) is 3.32. The third-order valence-corrected chi connectivity index (χ3v) is 3.32. The second-order valence-electron chi connectivity index (χ2n) is 4.79. The number of pyridine rings is 1. The van der Waals surface area contributed by atoms with E-state index in [0.29, 0.717) is 5.56 Å². The summed E-state index contributed by atoms with van der Waals surface area (Å²) in [6.07, 6.45) is 10.3. The van der Waals surface area contributed by atoms with Gasteiger partial charge < -0.3 is 0 Å². The molecular formula is C17H13N5. The Hall–Kier alpha value is -3.26. The zero-order valence-corrected chi connectivity index (χ0v) is 12.0.